The Morgan fingerprint density at radius 2 is 0.522 bits per heavy atom. The molecule has 7 N–H and O–H groups in total. The van der Waals surface area contributed by atoms with Crippen molar-refractivity contribution in [3.63, 3.8) is 0 Å². The van der Waals surface area contributed by atoms with Crippen LogP contribution >= 0.6 is 34.8 Å². The van der Waals surface area contributed by atoms with E-state index in [1.165, 1.54) is 23.3 Å². The molecule has 0 aliphatic carbocycles. The zero-order valence-corrected chi connectivity index (χ0v) is 95.4. The third kappa shape index (κ3) is 37.5. The molecular weight excluding hydrogens is 1920 g/mol. The van der Waals surface area contributed by atoms with E-state index >= 15 is 0 Å². The van der Waals surface area contributed by atoms with E-state index in [2.05, 4.69) is 112 Å². The molecule has 33 heteroatoms. The molecular formula is C103H158Cl3N9O14S7. The van der Waals surface area contributed by atoms with Gasteiger partial charge in [-0.1, -0.05) is 202 Å². The lowest BCUT2D eigenvalue weighted by Crippen LogP contribution is -2.42. The molecule has 0 fully saturated rings. The van der Waals surface area contributed by atoms with Crippen LogP contribution in [0.4, 0.5) is 0 Å². The summed E-state index contributed by atoms with van der Waals surface area (Å²) in [6, 6.07) is 34.7. The van der Waals surface area contributed by atoms with Crippen molar-refractivity contribution in [1.82, 2.24) is 43.0 Å². The maximum absolute atomic E-state index is 12.8. The number of nitrogens with zero attached hydrogens (tertiary/aromatic N) is 2. The smallest absolute Gasteiger partial charge is 0.242 e. The Bertz CT molecular complexity index is 6310. The van der Waals surface area contributed by atoms with E-state index < -0.39 is 103 Å². The summed E-state index contributed by atoms with van der Waals surface area (Å²) >= 11 is 18.5. The first-order valence-electron chi connectivity index (χ1n) is 46.3. The van der Waals surface area contributed by atoms with Crippen LogP contribution in [0.2, 0.25) is 15.1 Å². The predicted octanol–water partition coefficient (Wildman–Crippen LogP) is 25.4. The largest absolute Gasteiger partial charge is 0.264 e. The zero-order valence-electron chi connectivity index (χ0n) is 87.4. The molecule has 2 heterocycles. The number of aromatic nitrogens is 2. The third-order valence-corrected chi connectivity index (χ3v) is 35.7. The Morgan fingerprint density at radius 3 is 0.801 bits per heavy atom. The Labute approximate surface area is 835 Å². The molecule has 0 saturated carbocycles. The fourth-order valence-electron chi connectivity index (χ4n) is 13.8. The summed E-state index contributed by atoms with van der Waals surface area (Å²) in [5, 5.41) is 4.53. The highest BCUT2D eigenvalue weighted by molar-refractivity contribution is 7.91. The number of hydrogen-bond donors (Lipinski definition) is 7. The second-order valence-electron chi connectivity index (χ2n) is 41.6. The van der Waals surface area contributed by atoms with Gasteiger partial charge >= 0.3 is 0 Å². The Kier molecular flexibility index (Phi) is 45.5. The van der Waals surface area contributed by atoms with Crippen molar-refractivity contribution in [3.8, 4) is 0 Å². The van der Waals surface area contributed by atoms with Crippen molar-refractivity contribution in [3.05, 3.63) is 217 Å². The van der Waals surface area contributed by atoms with Gasteiger partial charge < -0.3 is 0 Å². The number of hydrogen-bond acceptors (Lipinski definition) is 16. The first kappa shape index (κ1) is 124. The van der Waals surface area contributed by atoms with E-state index in [4.69, 9.17) is 34.8 Å². The first-order valence-corrected chi connectivity index (χ1v) is 57.9. The molecule has 0 aliphatic heterocycles. The Morgan fingerprint density at radius 1 is 0.279 bits per heavy atom. The summed E-state index contributed by atoms with van der Waals surface area (Å²) in [6.45, 7) is 72.1. The van der Waals surface area contributed by atoms with Gasteiger partial charge in [0.05, 0.1) is 34.4 Å². The molecule has 7 aromatic carbocycles. The van der Waals surface area contributed by atoms with E-state index in [0.717, 1.165) is 61.7 Å². The second kappa shape index (κ2) is 50.0. The van der Waals surface area contributed by atoms with Gasteiger partial charge in [-0.3, -0.25) is 9.97 Å². The van der Waals surface area contributed by atoms with Crippen LogP contribution in [0.3, 0.4) is 0 Å². The van der Waals surface area contributed by atoms with Crippen molar-refractivity contribution < 1.29 is 58.9 Å². The van der Waals surface area contributed by atoms with Crippen LogP contribution in [-0.4, -0.2) is 108 Å². The minimum absolute atomic E-state index is 0.136. The summed E-state index contributed by atoms with van der Waals surface area (Å²) in [7, 11) is -24.6. The minimum Gasteiger partial charge on any atom is -0.264 e. The van der Waals surface area contributed by atoms with Crippen LogP contribution in [0.15, 0.2) is 180 Å². The molecule has 0 atom stereocenters. The number of aryl methyl sites for hydroxylation is 2. The molecule has 0 saturated heterocycles. The van der Waals surface area contributed by atoms with Gasteiger partial charge in [0.25, 0.3) is 0 Å². The van der Waals surface area contributed by atoms with Crippen molar-refractivity contribution >= 4 is 127 Å². The van der Waals surface area contributed by atoms with Gasteiger partial charge in [0.1, 0.15) is 4.90 Å². The Hall–Kier alpha value is -6.40. The molecule has 136 heavy (non-hydrogen) atoms. The molecule has 9 rings (SSSR count). The first-order chi connectivity index (χ1) is 61.8. The SMILES string of the molecule is CC(C)NS(=O)(=O)c1ccc(C(C)C)c(Cl)c1.CC(C)c1ccc(S(=O)(=O)NC(C)(C)C)c2cnccc12.CCC(C)(C)NS(=O)(=O)c1ccc(C(C)C)c(C)c1.CCC(C)(C)NS(=O)(=O)c1ccc(C(C)C)c(C)c1Cl.CCC(C)(C)NS(=O)(=O)c1ccc(C(C)C)c(Cl)c1.CCC(C)(C)NS(=O)(=O)c1ccc(C(C)C)c2ccncc12.Cc1cc(S(=O)(=O)NC(C)(C)C)ccc1C(C)C. The van der Waals surface area contributed by atoms with Gasteiger partial charge in [-0.15, -0.1) is 0 Å². The van der Waals surface area contributed by atoms with E-state index in [1.54, 1.807) is 105 Å². The van der Waals surface area contributed by atoms with Crippen LogP contribution in [-0.2, 0) is 70.2 Å². The molecule has 0 aliphatic rings. The highest BCUT2D eigenvalue weighted by Gasteiger charge is 2.33. The van der Waals surface area contributed by atoms with Crippen molar-refractivity contribution in [2.45, 2.75) is 397 Å². The van der Waals surface area contributed by atoms with Gasteiger partial charge in [-0.05, 0) is 344 Å². The summed E-state index contributed by atoms with van der Waals surface area (Å²) in [5.41, 5.74) is 7.62. The topological polar surface area (TPSA) is 349 Å². The highest BCUT2D eigenvalue weighted by Crippen LogP contribution is 2.37. The number of nitrogens with one attached hydrogen (secondary N) is 7. The molecule has 762 valence electrons. The quantitative estimate of drug-likeness (QED) is 0.0220. The fraction of sp³-hybridized carbons (Fsp3) is 0.534. The van der Waals surface area contributed by atoms with Crippen LogP contribution in [0.1, 0.15) is 358 Å². The predicted molar refractivity (Wildman–Crippen MR) is 568 cm³/mol. The van der Waals surface area contributed by atoms with Gasteiger partial charge in [0.2, 0.25) is 70.2 Å². The number of rotatable bonds is 30. The average molecular weight is 2080 g/mol. The molecule has 0 spiro atoms. The molecule has 0 amide bonds. The summed E-state index contributed by atoms with van der Waals surface area (Å²) in [6.07, 6.45) is 9.53. The molecule has 9 aromatic rings. The van der Waals surface area contributed by atoms with Crippen LogP contribution < -0.4 is 33.1 Å². The highest BCUT2D eigenvalue weighted by atomic mass is 35.5. The lowest BCUT2D eigenvalue weighted by Gasteiger charge is -2.25. The van der Waals surface area contributed by atoms with Crippen LogP contribution in [0.25, 0.3) is 21.5 Å². The Balaban J connectivity index is 0.000000409. The number of pyridine rings is 2. The number of benzene rings is 7. The normalized spacial score (nSPS) is 12.9. The second-order valence-corrected chi connectivity index (χ2v) is 54.5. The number of halogens is 3. The van der Waals surface area contributed by atoms with E-state index in [9.17, 15) is 58.9 Å². The molecule has 0 radical (unpaired) electrons. The summed E-state index contributed by atoms with van der Waals surface area (Å²) < 4.78 is 192. The maximum Gasteiger partial charge on any atom is 0.242 e. The van der Waals surface area contributed by atoms with Gasteiger partial charge in [-0.2, -0.15) is 0 Å². The third-order valence-electron chi connectivity index (χ3n) is 22.4. The standard InChI is InChI=1S/C17H24N2O2S.C16H22N2O2S.C15H24ClNO2S.C15H25NO2S.C14H22ClNO2S.C14H23NO2S.C12H18ClNO2S/c1-6-17(4,5)19-22(20,21)16-8-7-13(12(2)3)14-9-10-18-11-15(14)16;1-11(2)12-6-7-15(14-10-17-9-8-13(12)14)21(19,20)18-16(3,4)5;1-7-15(5,6)17-20(18,19)13-9-8-12(10(2)3)11(4)14(13)16;1-7-15(5,6)16-19(17,18)13-8-9-14(11(2)3)12(4)10-13;1-6-14(4,5)16-19(17,18)11-7-8-12(10(2)3)13(15)9-11;1-10(2)13-8-7-12(9-11(13)3)18(16,17)15-14(4,5)6;1-8(2)11-6-5-10(7-12(11)13)17(15,16)14-9(3)4/h7-12,19H,6H2,1-5H3;6-11,18H,1-5H3;8-10,17H,7H2,1-6H3;8-11,16H,7H2,1-6H3;7-10,16H,6H2,1-5H3;7-10,15H,1-6H3;5-9,14H,1-4H3. The minimum atomic E-state index is -3.61. The number of fused-ring (bicyclic) bond motifs is 2. The van der Waals surface area contributed by atoms with E-state index in [1.807, 2.05) is 216 Å². The molecule has 2 aromatic heterocycles. The van der Waals surface area contributed by atoms with Crippen molar-refractivity contribution in [2.75, 3.05) is 0 Å². The fourth-order valence-corrected chi connectivity index (χ4v) is 26.0. The molecule has 0 bridgehead atoms. The summed E-state index contributed by atoms with van der Waals surface area (Å²) in [5.74, 6) is 2.30. The van der Waals surface area contributed by atoms with Crippen LogP contribution in [0.5, 0.6) is 0 Å². The molecule has 0 unspecified atom stereocenters. The van der Waals surface area contributed by atoms with Gasteiger partial charge in [-0.25, -0.2) is 92.0 Å². The average Bonchev–Trinajstić information content (AvgIpc) is 0.772. The summed E-state index contributed by atoms with van der Waals surface area (Å²) in [4.78, 5) is 10.0. The molecule has 23 nitrogen and oxygen atoms in total. The monoisotopic (exact) mass is 2070 g/mol. The van der Waals surface area contributed by atoms with Crippen LogP contribution in [0, 0.1) is 20.8 Å². The maximum atomic E-state index is 12.8. The zero-order chi connectivity index (χ0) is 105. The van der Waals surface area contributed by atoms with E-state index in [-0.39, 0.29) is 37.5 Å². The van der Waals surface area contributed by atoms with Gasteiger partial charge in [0, 0.05) is 84.9 Å². The van der Waals surface area contributed by atoms with Gasteiger partial charge in [0.15, 0.2) is 0 Å². The van der Waals surface area contributed by atoms with E-state index in [0.29, 0.717) is 89.4 Å². The lowest BCUT2D eigenvalue weighted by atomic mass is 9.97. The van der Waals surface area contributed by atoms with Crippen molar-refractivity contribution in [2.24, 2.45) is 0 Å². The lowest BCUT2D eigenvalue weighted by molar-refractivity contribution is 0.438. The van der Waals surface area contributed by atoms with Crippen molar-refractivity contribution in [1.29, 1.82) is 0 Å². The number of sulfonamides is 7.